The van der Waals surface area contributed by atoms with E-state index in [-0.39, 0.29) is 6.42 Å². The third-order valence-electron chi connectivity index (χ3n) is 1.37. The molecule has 0 aliphatic carbocycles. The molecule has 2 unspecified atom stereocenters. The van der Waals surface area contributed by atoms with Crippen molar-refractivity contribution in [2.75, 3.05) is 0 Å². The monoisotopic (exact) mass is 158 g/mol. The van der Waals surface area contributed by atoms with Gasteiger partial charge in [-0.25, -0.2) is 0 Å². The third-order valence-corrected chi connectivity index (χ3v) is 1.37. The fourth-order valence-corrected chi connectivity index (χ4v) is 0.928. The summed E-state index contributed by atoms with van der Waals surface area (Å²) < 4.78 is 0. The molecule has 1 fully saturated rings. The fraction of sp³-hybridized carbons (Fsp3) is 0.800. The van der Waals surface area contributed by atoms with Crippen LogP contribution in [-0.2, 0) is 0 Å². The molecule has 0 radical (unpaired) electrons. The Morgan fingerprint density at radius 2 is 1.91 bits per heavy atom. The van der Waals surface area contributed by atoms with Crippen molar-refractivity contribution < 1.29 is 10.2 Å². The van der Waals surface area contributed by atoms with Gasteiger partial charge in [0, 0.05) is 6.42 Å². The lowest BCUT2D eigenvalue weighted by Crippen LogP contribution is -2.63. The Morgan fingerprint density at radius 1 is 1.36 bits per heavy atom. The van der Waals surface area contributed by atoms with Crippen molar-refractivity contribution >= 4 is 0 Å². The lowest BCUT2D eigenvalue weighted by Gasteiger charge is -2.31. The molecule has 62 valence electrons. The topological polar surface area (TPSA) is 100 Å². The largest absolute Gasteiger partial charge is 0.378 e. The average molecular weight is 158 g/mol. The smallest absolute Gasteiger partial charge is 0.178 e. The van der Waals surface area contributed by atoms with Gasteiger partial charge in [-0.3, -0.25) is 16.0 Å². The minimum atomic E-state index is -0.780. The number of hydrogen-bond donors (Lipinski definition) is 5. The second kappa shape index (κ2) is 3.50. The van der Waals surface area contributed by atoms with E-state index in [2.05, 4.69) is 16.0 Å². The van der Waals surface area contributed by atoms with Crippen LogP contribution in [0.4, 0.5) is 0 Å². The van der Waals surface area contributed by atoms with E-state index in [1.807, 2.05) is 0 Å². The highest BCUT2D eigenvalue weighted by molar-refractivity contribution is 4.79. The molecular formula is C5H10N4O2. The average Bonchev–Trinajstić information content (AvgIpc) is 1.85. The summed E-state index contributed by atoms with van der Waals surface area (Å²) in [5.41, 5.74) is 0. The fourth-order valence-electron chi connectivity index (χ4n) is 0.928. The first-order valence-corrected chi connectivity index (χ1v) is 3.25. The summed E-state index contributed by atoms with van der Waals surface area (Å²) in [6, 6.07) is 0. The van der Waals surface area contributed by atoms with Gasteiger partial charge in [0.1, 0.15) is 18.7 Å². The summed E-state index contributed by atoms with van der Waals surface area (Å²) in [4.78, 5) is 0. The molecule has 0 bridgehead atoms. The van der Waals surface area contributed by atoms with Gasteiger partial charge in [0.15, 0.2) is 6.19 Å². The van der Waals surface area contributed by atoms with Crippen LogP contribution in [0.1, 0.15) is 6.42 Å². The Balaban J connectivity index is 2.38. The normalized spacial score (nSPS) is 37.7. The quantitative estimate of drug-likeness (QED) is 0.215. The van der Waals surface area contributed by atoms with Crippen LogP contribution >= 0.6 is 0 Å². The summed E-state index contributed by atoms with van der Waals surface area (Å²) in [7, 11) is 0. The molecule has 1 aliphatic heterocycles. The van der Waals surface area contributed by atoms with Gasteiger partial charge >= 0.3 is 0 Å². The van der Waals surface area contributed by atoms with Crippen LogP contribution in [0.2, 0.25) is 0 Å². The van der Waals surface area contributed by atoms with E-state index in [4.69, 9.17) is 15.5 Å². The Labute approximate surface area is 63.8 Å². The van der Waals surface area contributed by atoms with Gasteiger partial charge in [0.2, 0.25) is 0 Å². The van der Waals surface area contributed by atoms with Crippen LogP contribution < -0.4 is 16.0 Å². The summed E-state index contributed by atoms with van der Waals surface area (Å²) >= 11 is 0. The number of aliphatic hydroxyl groups is 2. The standard InChI is InChI=1S/C5H10N4O2/c6-2-7-5-8-3(10)1-4(11)9-5/h3-5,7-11H,1H2. The van der Waals surface area contributed by atoms with E-state index >= 15 is 0 Å². The van der Waals surface area contributed by atoms with E-state index in [9.17, 15) is 0 Å². The summed E-state index contributed by atoms with van der Waals surface area (Å²) in [5.74, 6) is 0. The van der Waals surface area contributed by atoms with Gasteiger partial charge in [0.25, 0.3) is 0 Å². The van der Waals surface area contributed by atoms with Crippen molar-refractivity contribution in [3.05, 3.63) is 0 Å². The molecule has 1 rings (SSSR count). The molecule has 0 spiro atoms. The second-order valence-electron chi connectivity index (χ2n) is 2.29. The lowest BCUT2D eigenvalue weighted by atomic mass is 10.3. The number of rotatable bonds is 1. The van der Waals surface area contributed by atoms with Crippen LogP contribution in [0.5, 0.6) is 0 Å². The highest BCUT2D eigenvalue weighted by Gasteiger charge is 2.23. The summed E-state index contributed by atoms with van der Waals surface area (Å²) in [6.45, 7) is 0. The number of hydrogen-bond acceptors (Lipinski definition) is 6. The Hall–Kier alpha value is -0.870. The van der Waals surface area contributed by atoms with E-state index in [0.717, 1.165) is 0 Å². The number of nitrogens with one attached hydrogen (secondary N) is 3. The first-order valence-electron chi connectivity index (χ1n) is 3.25. The van der Waals surface area contributed by atoms with E-state index in [1.54, 1.807) is 6.19 Å². The molecule has 0 aromatic carbocycles. The van der Waals surface area contributed by atoms with Crippen LogP contribution in [0.3, 0.4) is 0 Å². The van der Waals surface area contributed by atoms with E-state index < -0.39 is 18.7 Å². The van der Waals surface area contributed by atoms with Gasteiger partial charge in [-0.05, 0) is 0 Å². The van der Waals surface area contributed by atoms with Crippen LogP contribution in [0.25, 0.3) is 0 Å². The van der Waals surface area contributed by atoms with Gasteiger partial charge in [-0.1, -0.05) is 0 Å². The molecule has 1 saturated heterocycles. The summed E-state index contributed by atoms with van der Waals surface area (Å²) in [6.07, 6.45) is -0.224. The Kier molecular flexibility index (Phi) is 2.62. The number of aliphatic hydroxyl groups excluding tert-OH is 2. The van der Waals surface area contributed by atoms with Crippen molar-refractivity contribution in [2.45, 2.75) is 25.2 Å². The van der Waals surface area contributed by atoms with E-state index in [1.165, 1.54) is 0 Å². The number of nitrogens with zero attached hydrogens (tertiary/aromatic N) is 1. The molecule has 5 N–H and O–H groups in total. The van der Waals surface area contributed by atoms with Crippen LogP contribution in [0.15, 0.2) is 0 Å². The molecular weight excluding hydrogens is 148 g/mol. The van der Waals surface area contributed by atoms with Crippen LogP contribution in [0, 0.1) is 11.5 Å². The first kappa shape index (κ1) is 8.23. The zero-order valence-corrected chi connectivity index (χ0v) is 5.78. The minimum absolute atomic E-state index is 0.212. The lowest BCUT2D eigenvalue weighted by molar-refractivity contribution is -0.0178. The van der Waals surface area contributed by atoms with Gasteiger partial charge in [-0.2, -0.15) is 5.26 Å². The maximum atomic E-state index is 9.02. The van der Waals surface area contributed by atoms with Crippen molar-refractivity contribution in [2.24, 2.45) is 0 Å². The van der Waals surface area contributed by atoms with Crippen molar-refractivity contribution in [1.29, 1.82) is 5.26 Å². The van der Waals surface area contributed by atoms with Crippen molar-refractivity contribution in [3.8, 4) is 6.19 Å². The van der Waals surface area contributed by atoms with Gasteiger partial charge in [0.05, 0.1) is 0 Å². The predicted molar refractivity (Wildman–Crippen MR) is 35.4 cm³/mol. The third kappa shape index (κ3) is 2.32. The zero-order chi connectivity index (χ0) is 8.27. The molecule has 0 saturated carbocycles. The maximum Gasteiger partial charge on any atom is 0.178 e. The zero-order valence-electron chi connectivity index (χ0n) is 5.78. The molecule has 6 heteroatoms. The highest BCUT2D eigenvalue weighted by atomic mass is 16.3. The molecule has 6 nitrogen and oxygen atoms in total. The maximum absolute atomic E-state index is 9.02. The first-order chi connectivity index (χ1) is 5.22. The molecule has 1 heterocycles. The van der Waals surface area contributed by atoms with Crippen LogP contribution in [-0.4, -0.2) is 29.0 Å². The van der Waals surface area contributed by atoms with Crippen molar-refractivity contribution in [1.82, 2.24) is 16.0 Å². The minimum Gasteiger partial charge on any atom is -0.378 e. The molecule has 1 aliphatic rings. The second-order valence-corrected chi connectivity index (χ2v) is 2.29. The van der Waals surface area contributed by atoms with E-state index in [0.29, 0.717) is 0 Å². The Bertz CT molecular complexity index is 158. The Morgan fingerprint density at radius 3 is 2.36 bits per heavy atom. The molecule has 11 heavy (non-hydrogen) atoms. The molecule has 0 amide bonds. The highest BCUT2D eigenvalue weighted by Crippen LogP contribution is 1.99. The summed E-state index contributed by atoms with van der Waals surface area (Å²) in [5, 5.41) is 33.7. The predicted octanol–water partition coefficient (Wildman–Crippen LogP) is -2.44. The molecule has 0 aromatic rings. The SMILES string of the molecule is N#CNC1NC(O)CC(O)N1. The molecule has 0 aromatic heterocycles. The number of nitriles is 1. The van der Waals surface area contributed by atoms with Crippen molar-refractivity contribution in [3.63, 3.8) is 0 Å². The van der Waals surface area contributed by atoms with Gasteiger partial charge < -0.3 is 10.2 Å². The van der Waals surface area contributed by atoms with Gasteiger partial charge in [-0.15, -0.1) is 0 Å². The molecule has 2 atom stereocenters.